The minimum atomic E-state index is 0.864. The van der Waals surface area contributed by atoms with Crippen molar-refractivity contribution in [2.75, 3.05) is 0 Å². The molecule has 1 aromatic heterocycles. The molecule has 0 aliphatic carbocycles. The molecule has 0 saturated heterocycles. The highest BCUT2D eigenvalue weighted by Crippen LogP contribution is 1.97. The fraction of sp³-hybridized carbons (Fsp3) is 0.250. The van der Waals surface area contributed by atoms with Gasteiger partial charge in [0, 0.05) is 18.8 Å². The van der Waals surface area contributed by atoms with Gasteiger partial charge in [0.15, 0.2) is 0 Å². The van der Waals surface area contributed by atoms with Crippen molar-refractivity contribution in [2.24, 2.45) is 0 Å². The fourth-order valence-electron chi connectivity index (χ4n) is 0.790. The predicted molar refractivity (Wildman–Crippen MR) is 46.2 cm³/mol. The molecule has 0 aliphatic heterocycles. The van der Waals surface area contributed by atoms with Crippen molar-refractivity contribution in [2.45, 2.75) is 13.3 Å². The minimum Gasteiger partial charge on any atom is -0.264 e. The summed E-state index contributed by atoms with van der Waals surface area (Å²) in [6.07, 6.45) is 4.47. The molecule has 0 aromatic carbocycles. The van der Waals surface area contributed by atoms with Gasteiger partial charge in [-0.2, -0.15) is 0 Å². The molecule has 1 rings (SSSR count). The van der Waals surface area contributed by atoms with Crippen LogP contribution < -0.4 is 0 Å². The summed E-state index contributed by atoms with van der Waals surface area (Å²) < 4.78 is 0. The molecular formula is C8H9NS. The summed E-state index contributed by atoms with van der Waals surface area (Å²) in [5.74, 6) is 0. The average Bonchev–Trinajstić information content (AvgIpc) is 1.88. The van der Waals surface area contributed by atoms with Gasteiger partial charge in [0.1, 0.15) is 0 Å². The largest absolute Gasteiger partial charge is 0.264 e. The van der Waals surface area contributed by atoms with Crippen LogP contribution in [0.4, 0.5) is 0 Å². The van der Waals surface area contributed by atoms with Gasteiger partial charge in [0.2, 0.25) is 0 Å². The predicted octanol–water partition coefficient (Wildman–Crippen LogP) is 2.01. The molecule has 0 bridgehead atoms. The van der Waals surface area contributed by atoms with E-state index in [4.69, 9.17) is 12.2 Å². The molecule has 0 unspecified atom stereocenters. The molecule has 0 spiro atoms. The van der Waals surface area contributed by atoms with E-state index in [1.807, 2.05) is 25.3 Å². The van der Waals surface area contributed by atoms with Crippen LogP contribution >= 0.6 is 12.2 Å². The molecule has 0 aliphatic rings. The van der Waals surface area contributed by atoms with E-state index in [1.54, 1.807) is 6.20 Å². The van der Waals surface area contributed by atoms with Crippen LogP contribution in [0.1, 0.15) is 12.5 Å². The Balaban J connectivity index is 2.67. The second-order valence-corrected chi connectivity index (χ2v) is 2.94. The number of thiocarbonyl (C=S) groups is 1. The number of hydrogen-bond donors (Lipinski definition) is 0. The average molecular weight is 151 g/mol. The lowest BCUT2D eigenvalue weighted by Crippen LogP contribution is -1.93. The Kier molecular flexibility index (Phi) is 2.51. The highest BCUT2D eigenvalue weighted by molar-refractivity contribution is 7.80. The molecule has 0 atom stereocenters. The summed E-state index contributed by atoms with van der Waals surface area (Å²) in [7, 11) is 0. The lowest BCUT2D eigenvalue weighted by molar-refractivity contribution is 1.23. The van der Waals surface area contributed by atoms with Crippen molar-refractivity contribution < 1.29 is 0 Å². The lowest BCUT2D eigenvalue weighted by atomic mass is 10.2. The van der Waals surface area contributed by atoms with Crippen molar-refractivity contribution >= 4 is 17.1 Å². The van der Waals surface area contributed by atoms with Crippen LogP contribution in [0.3, 0.4) is 0 Å². The van der Waals surface area contributed by atoms with Crippen molar-refractivity contribution in [3.8, 4) is 0 Å². The van der Waals surface area contributed by atoms with Crippen LogP contribution in [0.5, 0.6) is 0 Å². The summed E-state index contributed by atoms with van der Waals surface area (Å²) in [6.45, 7) is 1.95. The third kappa shape index (κ3) is 2.23. The maximum Gasteiger partial charge on any atom is 0.0303 e. The van der Waals surface area contributed by atoms with E-state index in [0.29, 0.717) is 0 Å². The lowest BCUT2D eigenvalue weighted by Gasteiger charge is -1.95. The molecular weight excluding hydrogens is 142 g/mol. The number of nitrogens with zero attached hydrogens (tertiary/aromatic N) is 1. The van der Waals surface area contributed by atoms with Crippen LogP contribution in [-0.2, 0) is 6.42 Å². The zero-order valence-electron chi connectivity index (χ0n) is 5.87. The Morgan fingerprint density at radius 1 is 1.70 bits per heavy atom. The SMILES string of the molecule is CC(=S)Cc1cccnc1. The second kappa shape index (κ2) is 3.42. The van der Waals surface area contributed by atoms with Crippen molar-refractivity contribution in [1.29, 1.82) is 0 Å². The van der Waals surface area contributed by atoms with Crippen LogP contribution in [0, 0.1) is 0 Å². The molecule has 1 nitrogen and oxygen atoms in total. The first-order valence-corrected chi connectivity index (χ1v) is 3.58. The van der Waals surface area contributed by atoms with Gasteiger partial charge < -0.3 is 0 Å². The molecule has 0 fully saturated rings. The van der Waals surface area contributed by atoms with Crippen LogP contribution in [0.25, 0.3) is 0 Å². The Hall–Kier alpha value is -0.760. The van der Waals surface area contributed by atoms with Gasteiger partial charge in [-0.1, -0.05) is 18.3 Å². The van der Waals surface area contributed by atoms with Gasteiger partial charge >= 0.3 is 0 Å². The molecule has 2 heteroatoms. The highest BCUT2D eigenvalue weighted by Gasteiger charge is 1.91. The van der Waals surface area contributed by atoms with E-state index in [-0.39, 0.29) is 0 Å². The smallest absolute Gasteiger partial charge is 0.0303 e. The first-order chi connectivity index (χ1) is 4.79. The first kappa shape index (κ1) is 7.35. The molecule has 1 aromatic rings. The van der Waals surface area contributed by atoms with Gasteiger partial charge in [0.05, 0.1) is 0 Å². The Labute approximate surface area is 66.1 Å². The van der Waals surface area contributed by atoms with Crippen LogP contribution in [-0.4, -0.2) is 9.85 Å². The summed E-state index contributed by atoms with van der Waals surface area (Å²) in [4.78, 5) is 4.99. The molecule has 52 valence electrons. The van der Waals surface area contributed by atoms with E-state index in [0.717, 1.165) is 11.3 Å². The Bertz CT molecular complexity index is 218. The van der Waals surface area contributed by atoms with Gasteiger partial charge in [0.25, 0.3) is 0 Å². The molecule has 0 amide bonds. The third-order valence-corrected chi connectivity index (χ3v) is 1.32. The zero-order valence-corrected chi connectivity index (χ0v) is 6.69. The van der Waals surface area contributed by atoms with E-state index < -0.39 is 0 Å². The van der Waals surface area contributed by atoms with E-state index in [9.17, 15) is 0 Å². The number of rotatable bonds is 2. The summed E-state index contributed by atoms with van der Waals surface area (Å²) in [5, 5.41) is 0. The number of aromatic nitrogens is 1. The maximum absolute atomic E-state index is 4.95. The van der Waals surface area contributed by atoms with Crippen molar-refractivity contribution in [3.63, 3.8) is 0 Å². The van der Waals surface area contributed by atoms with Crippen molar-refractivity contribution in [1.82, 2.24) is 4.98 Å². The van der Waals surface area contributed by atoms with Gasteiger partial charge in [-0.25, -0.2) is 0 Å². The Morgan fingerprint density at radius 3 is 3.00 bits per heavy atom. The third-order valence-electron chi connectivity index (χ3n) is 1.18. The fourth-order valence-corrected chi connectivity index (χ4v) is 0.957. The maximum atomic E-state index is 4.95. The summed E-state index contributed by atoms with van der Waals surface area (Å²) in [6, 6.07) is 3.95. The van der Waals surface area contributed by atoms with Crippen LogP contribution in [0.2, 0.25) is 0 Å². The Morgan fingerprint density at radius 2 is 2.50 bits per heavy atom. The second-order valence-electron chi connectivity index (χ2n) is 2.24. The minimum absolute atomic E-state index is 0.864. The molecule has 0 radical (unpaired) electrons. The summed E-state index contributed by atoms with van der Waals surface area (Å²) in [5.41, 5.74) is 1.19. The number of hydrogen-bond acceptors (Lipinski definition) is 2. The summed E-state index contributed by atoms with van der Waals surface area (Å²) >= 11 is 4.95. The zero-order chi connectivity index (χ0) is 7.40. The van der Waals surface area contributed by atoms with Crippen molar-refractivity contribution in [3.05, 3.63) is 30.1 Å². The van der Waals surface area contributed by atoms with Gasteiger partial charge in [-0.05, 0) is 23.4 Å². The standard InChI is InChI=1S/C8H9NS/c1-7(10)5-8-3-2-4-9-6-8/h2-4,6H,5H2,1H3. The van der Waals surface area contributed by atoms with Gasteiger partial charge in [-0.3, -0.25) is 4.98 Å². The topological polar surface area (TPSA) is 12.9 Å². The van der Waals surface area contributed by atoms with Gasteiger partial charge in [-0.15, -0.1) is 0 Å². The van der Waals surface area contributed by atoms with Crippen LogP contribution in [0.15, 0.2) is 24.5 Å². The quantitative estimate of drug-likeness (QED) is 0.600. The molecule has 0 saturated carbocycles. The van der Waals surface area contributed by atoms with E-state index in [1.165, 1.54) is 5.56 Å². The first-order valence-electron chi connectivity index (χ1n) is 3.17. The number of pyridine rings is 1. The monoisotopic (exact) mass is 151 g/mol. The molecule has 10 heavy (non-hydrogen) atoms. The molecule has 0 N–H and O–H groups in total. The van der Waals surface area contributed by atoms with E-state index in [2.05, 4.69) is 4.98 Å². The molecule has 1 heterocycles. The highest BCUT2D eigenvalue weighted by atomic mass is 32.1. The normalized spacial score (nSPS) is 9.30. The van der Waals surface area contributed by atoms with E-state index >= 15 is 0 Å².